The molecule has 0 spiro atoms. The number of nitrogens with one attached hydrogen (secondary N) is 1. The van der Waals surface area contributed by atoms with E-state index in [0.717, 1.165) is 0 Å². The van der Waals surface area contributed by atoms with Crippen LogP contribution in [0.4, 0.5) is 0 Å². The molecule has 0 fully saturated rings. The molecule has 2 unspecified atom stereocenters. The third kappa shape index (κ3) is 13.0. The molecule has 13 heteroatoms. The molecule has 0 aromatic rings. The summed E-state index contributed by atoms with van der Waals surface area (Å²) in [4.78, 5) is 0. The van der Waals surface area contributed by atoms with Crippen LogP contribution in [0.1, 0.15) is 79.1 Å². The zero-order valence-electron chi connectivity index (χ0n) is 18.0. The van der Waals surface area contributed by atoms with E-state index in [1.165, 1.54) is 0 Å². The maximum Gasteiger partial charge on any atom is 0.261 e. The smallest absolute Gasteiger partial charge is 0.261 e. The number of hydrogen-bond donors (Lipinski definition) is 3. The minimum atomic E-state index is -3.99. The molecule has 9 nitrogen and oxygen atoms in total. The number of thiol groups is 1. The normalized spacial score (nSPS) is 17.3. The fourth-order valence-electron chi connectivity index (χ4n) is 2.26. The van der Waals surface area contributed by atoms with Crippen LogP contribution in [0.15, 0.2) is 7.54 Å². The molecule has 2 N–H and O–H groups in total. The number of sulfonamides is 1. The van der Waals surface area contributed by atoms with E-state index < -0.39 is 40.3 Å². The van der Waals surface area contributed by atoms with E-state index in [1.54, 1.807) is 0 Å². The number of unbranched alkanes of at least 4 members (excludes halogenated alkanes) is 4. The van der Waals surface area contributed by atoms with Gasteiger partial charge in [0.25, 0.3) is 10.0 Å². The SMILES string of the molecule is CCCCS(=O)(=O)N=S(=O)(CCCC)N[SH](=O)(CCCC)N=S(=O)(O)CCCC. The van der Waals surface area contributed by atoms with Gasteiger partial charge in [0, 0.05) is 21.8 Å². The van der Waals surface area contributed by atoms with Crippen molar-refractivity contribution in [2.75, 3.05) is 23.0 Å². The highest BCUT2D eigenvalue weighted by atomic mass is 32.3. The summed E-state index contributed by atoms with van der Waals surface area (Å²) in [6.45, 7) is 7.37. The van der Waals surface area contributed by atoms with Gasteiger partial charge in [-0.1, -0.05) is 57.1 Å². The summed E-state index contributed by atoms with van der Waals surface area (Å²) in [5.41, 5.74) is 0. The van der Waals surface area contributed by atoms with Crippen molar-refractivity contribution >= 4 is 40.3 Å². The molecule has 0 amide bonds. The predicted octanol–water partition coefficient (Wildman–Crippen LogP) is 3.28. The zero-order valence-corrected chi connectivity index (χ0v) is 21.4. The van der Waals surface area contributed by atoms with Crippen molar-refractivity contribution in [2.24, 2.45) is 7.54 Å². The third-order valence-electron chi connectivity index (χ3n) is 3.89. The van der Waals surface area contributed by atoms with E-state index in [1.807, 2.05) is 27.7 Å². The highest BCUT2D eigenvalue weighted by Crippen LogP contribution is 2.16. The summed E-state index contributed by atoms with van der Waals surface area (Å²) in [5, 5.41) is 0. The molecular weight excluding hydrogens is 458 g/mol. The molecule has 178 valence electrons. The molecule has 0 aliphatic rings. The molecule has 0 radical (unpaired) electrons. The average molecular weight is 498 g/mol. The molecule has 0 aliphatic heterocycles. The van der Waals surface area contributed by atoms with Gasteiger partial charge in [0.05, 0.1) is 11.5 Å². The summed E-state index contributed by atoms with van der Waals surface area (Å²) in [6.07, 6.45) is 4.18. The Morgan fingerprint density at radius 2 is 1.28 bits per heavy atom. The van der Waals surface area contributed by atoms with E-state index in [9.17, 15) is 25.6 Å². The van der Waals surface area contributed by atoms with Gasteiger partial charge in [0.1, 0.15) is 9.92 Å². The van der Waals surface area contributed by atoms with E-state index in [2.05, 4.69) is 11.7 Å². The second-order valence-electron chi connectivity index (χ2n) is 7.03. The highest BCUT2D eigenvalue weighted by molar-refractivity contribution is 8.15. The van der Waals surface area contributed by atoms with Crippen LogP contribution in [0.5, 0.6) is 0 Å². The topological polar surface area (TPSA) is 142 Å². The first-order valence-corrected chi connectivity index (χ1v) is 17.0. The fraction of sp³-hybridized carbons (Fsp3) is 1.00. The second-order valence-corrected chi connectivity index (χ2v) is 15.7. The largest absolute Gasteiger partial charge is 0.300 e. The molecule has 0 aromatic heterocycles. The summed E-state index contributed by atoms with van der Waals surface area (Å²) in [6, 6.07) is 0. The lowest BCUT2D eigenvalue weighted by molar-refractivity contribution is 0.549. The van der Waals surface area contributed by atoms with Crippen LogP contribution in [0.2, 0.25) is 0 Å². The predicted molar refractivity (Wildman–Crippen MR) is 124 cm³/mol. The van der Waals surface area contributed by atoms with Crippen molar-refractivity contribution in [3.05, 3.63) is 0 Å². The van der Waals surface area contributed by atoms with Gasteiger partial charge in [0.2, 0.25) is 0 Å². The van der Waals surface area contributed by atoms with Gasteiger partial charge in [-0.05, 0) is 25.7 Å². The Balaban J connectivity index is 6.21. The molecular formula is C16H39N3O6S4. The van der Waals surface area contributed by atoms with Crippen molar-refractivity contribution in [2.45, 2.75) is 79.1 Å². The summed E-state index contributed by atoms with van der Waals surface area (Å²) in [7, 11) is -15.3. The monoisotopic (exact) mass is 497 g/mol. The minimum absolute atomic E-state index is 0.0825. The van der Waals surface area contributed by atoms with Crippen LogP contribution in [-0.4, -0.2) is 48.6 Å². The number of nitrogens with zero attached hydrogens (tertiary/aromatic N) is 2. The van der Waals surface area contributed by atoms with Crippen molar-refractivity contribution in [1.29, 1.82) is 0 Å². The maximum atomic E-state index is 13.4. The Morgan fingerprint density at radius 3 is 1.79 bits per heavy atom. The first kappa shape index (κ1) is 28.9. The number of rotatable bonds is 16. The Kier molecular flexibility index (Phi) is 13.3. The summed E-state index contributed by atoms with van der Waals surface area (Å²) >= 11 is 0. The lowest BCUT2D eigenvalue weighted by Gasteiger charge is -2.23. The first-order valence-electron chi connectivity index (χ1n) is 10.2. The highest BCUT2D eigenvalue weighted by Gasteiger charge is 2.25. The Hall–Kier alpha value is -0.0800. The fourth-order valence-corrected chi connectivity index (χ4v) is 12.8. The molecule has 0 heterocycles. The van der Waals surface area contributed by atoms with Crippen LogP contribution in [0, 0.1) is 0 Å². The first-order chi connectivity index (χ1) is 13.4. The molecule has 0 aromatic carbocycles. The molecule has 0 bridgehead atoms. The minimum Gasteiger partial charge on any atom is -0.300 e. The van der Waals surface area contributed by atoms with E-state index in [4.69, 9.17) is 0 Å². The van der Waals surface area contributed by atoms with Crippen LogP contribution >= 0.6 is 0 Å². The van der Waals surface area contributed by atoms with Crippen molar-refractivity contribution < 1.29 is 25.6 Å². The third-order valence-corrected chi connectivity index (χ3v) is 13.5. The molecule has 0 saturated heterocycles. The van der Waals surface area contributed by atoms with E-state index in [0.29, 0.717) is 51.4 Å². The van der Waals surface area contributed by atoms with E-state index >= 15 is 0 Å². The molecule has 0 aliphatic carbocycles. The van der Waals surface area contributed by atoms with Gasteiger partial charge < -0.3 is 0 Å². The Labute approximate surface area is 179 Å². The lowest BCUT2D eigenvalue weighted by Crippen LogP contribution is -2.39. The molecule has 29 heavy (non-hydrogen) atoms. The average Bonchev–Trinajstić information content (AvgIpc) is 2.60. The van der Waals surface area contributed by atoms with Gasteiger partial charge in [0.15, 0.2) is 10.0 Å². The second kappa shape index (κ2) is 13.4. The van der Waals surface area contributed by atoms with Crippen LogP contribution in [-0.2, 0) is 40.3 Å². The van der Waals surface area contributed by atoms with E-state index in [-0.39, 0.29) is 23.0 Å². The van der Waals surface area contributed by atoms with Crippen molar-refractivity contribution in [3.8, 4) is 0 Å². The standard InChI is InChI=1S/C16H39N3O6S4/c1-5-9-13-26(20,18-28(22,23)15-11-7-3)17-27(21,14-10-6-2)19-29(24,25)16-12-8-4/h26H,5-16H2,1-4H3,(H2,17,18,19,20,21,22,23). The van der Waals surface area contributed by atoms with Gasteiger partial charge in [-0.3, -0.25) is 4.55 Å². The van der Waals surface area contributed by atoms with Gasteiger partial charge in [-0.25, -0.2) is 21.0 Å². The number of hydrogen-bond acceptors (Lipinski definition) is 5. The van der Waals surface area contributed by atoms with Gasteiger partial charge in [-0.2, -0.15) is 4.13 Å². The Morgan fingerprint density at radius 1 is 0.793 bits per heavy atom. The van der Waals surface area contributed by atoms with Crippen LogP contribution in [0.25, 0.3) is 0 Å². The lowest BCUT2D eigenvalue weighted by atomic mass is 10.4. The van der Waals surface area contributed by atoms with Gasteiger partial charge >= 0.3 is 0 Å². The van der Waals surface area contributed by atoms with Crippen LogP contribution < -0.4 is 4.13 Å². The van der Waals surface area contributed by atoms with Crippen molar-refractivity contribution in [3.63, 3.8) is 0 Å². The van der Waals surface area contributed by atoms with Crippen LogP contribution in [0.3, 0.4) is 0 Å². The van der Waals surface area contributed by atoms with Gasteiger partial charge in [-0.15, -0.1) is 3.77 Å². The molecule has 2 atom stereocenters. The zero-order chi connectivity index (χ0) is 22.6. The van der Waals surface area contributed by atoms with Crippen molar-refractivity contribution in [1.82, 2.24) is 4.13 Å². The maximum absolute atomic E-state index is 13.4. The molecule has 0 saturated carbocycles. The Bertz CT molecular complexity index is 869. The summed E-state index contributed by atoms with van der Waals surface area (Å²) < 4.78 is 83.4. The quantitative estimate of drug-likeness (QED) is 0.279. The molecule has 0 rings (SSSR count). The summed E-state index contributed by atoms with van der Waals surface area (Å²) in [5.74, 6) is -0.607.